The van der Waals surface area contributed by atoms with Crippen LogP contribution in [0.25, 0.3) is 11.1 Å². The topological polar surface area (TPSA) is 38.0 Å². The van der Waals surface area contributed by atoms with Gasteiger partial charge < -0.3 is 11.1 Å². The quantitative estimate of drug-likeness (QED) is 0.139. The van der Waals surface area contributed by atoms with Crippen molar-refractivity contribution in [2.45, 2.75) is 72.1 Å². The van der Waals surface area contributed by atoms with Crippen LogP contribution in [-0.4, -0.2) is 13.6 Å². The monoisotopic (exact) mass is 522 g/mol. The molecule has 0 saturated heterocycles. The first-order valence-corrected chi connectivity index (χ1v) is 13.7. The highest BCUT2D eigenvalue weighted by Gasteiger charge is 2.13. The van der Waals surface area contributed by atoms with Crippen LogP contribution in [0.4, 0.5) is 8.78 Å². The molecule has 2 nitrogen and oxygen atoms in total. The molecule has 2 aromatic rings. The third-order valence-electron chi connectivity index (χ3n) is 6.34. The van der Waals surface area contributed by atoms with Crippen molar-refractivity contribution in [1.82, 2.24) is 5.32 Å². The van der Waals surface area contributed by atoms with E-state index in [1.54, 1.807) is 37.5 Å². The van der Waals surface area contributed by atoms with E-state index in [9.17, 15) is 8.78 Å². The number of allylic oxidation sites excluding steroid dienone is 3. The summed E-state index contributed by atoms with van der Waals surface area (Å²) in [4.78, 5) is 0. The molecule has 0 heterocycles. The normalized spacial score (nSPS) is 11.1. The number of hydrogen-bond donors (Lipinski definition) is 2. The van der Waals surface area contributed by atoms with Crippen molar-refractivity contribution in [3.63, 3.8) is 0 Å². The number of nitrogens with two attached hydrogens (primary N) is 1. The third kappa shape index (κ3) is 12.5. The summed E-state index contributed by atoms with van der Waals surface area (Å²) in [5, 5.41) is 2.92. The number of rotatable bonds is 15. The van der Waals surface area contributed by atoms with E-state index < -0.39 is 0 Å². The summed E-state index contributed by atoms with van der Waals surface area (Å²) >= 11 is 0. The zero-order valence-corrected chi connectivity index (χ0v) is 24.0. The molecule has 2 rings (SSSR count). The lowest BCUT2D eigenvalue weighted by Crippen LogP contribution is -2.01. The third-order valence-corrected chi connectivity index (χ3v) is 6.34. The van der Waals surface area contributed by atoms with Crippen LogP contribution in [0, 0.1) is 17.6 Å². The SMILES string of the molecule is C=C(CCN)CCCCC(C)C.C=C/C(=C\NC)c1cc(CCCc2cccc(F)c2)c(C(=C)C)cc1F. The van der Waals surface area contributed by atoms with Crippen LogP contribution in [-0.2, 0) is 12.8 Å². The fourth-order valence-electron chi connectivity index (χ4n) is 4.28. The molecule has 0 atom stereocenters. The van der Waals surface area contributed by atoms with Crippen LogP contribution in [0.15, 0.2) is 74.0 Å². The first kappa shape index (κ1) is 33.0. The minimum absolute atomic E-state index is 0.220. The summed E-state index contributed by atoms with van der Waals surface area (Å²) in [6, 6.07) is 10.1. The van der Waals surface area contributed by atoms with E-state index >= 15 is 0 Å². The van der Waals surface area contributed by atoms with Crippen molar-refractivity contribution in [2.75, 3.05) is 13.6 Å². The van der Waals surface area contributed by atoms with Gasteiger partial charge in [-0.1, -0.05) is 75.8 Å². The summed E-state index contributed by atoms with van der Waals surface area (Å²) < 4.78 is 27.9. The Bertz CT molecular complexity index is 1070. The van der Waals surface area contributed by atoms with Gasteiger partial charge in [0.1, 0.15) is 11.6 Å². The summed E-state index contributed by atoms with van der Waals surface area (Å²) in [6.45, 7) is 18.9. The van der Waals surface area contributed by atoms with Crippen LogP contribution in [0.5, 0.6) is 0 Å². The molecule has 0 amide bonds. The van der Waals surface area contributed by atoms with Crippen LogP contribution >= 0.6 is 0 Å². The molecular formula is C34H48F2N2. The van der Waals surface area contributed by atoms with Gasteiger partial charge in [-0.25, -0.2) is 8.78 Å². The molecule has 0 fully saturated rings. The summed E-state index contributed by atoms with van der Waals surface area (Å²) in [5.41, 5.74) is 11.6. The average Bonchev–Trinajstić information content (AvgIpc) is 2.86. The number of unbranched alkanes of at least 4 members (excludes halogenated alkanes) is 1. The number of nitrogens with one attached hydrogen (secondary N) is 1. The standard InChI is InChI=1S/C23H25F2N.C11H23N/c1-5-18(15-26-4)22-13-19(21(16(2)3)14-23(22)25)10-6-8-17-9-7-11-20(24)12-17;1-10(2)6-4-5-7-11(3)8-9-12/h5,7,9,11-15,26H,1-2,6,8,10H2,3-4H3;10H,3-9,12H2,1-2H3/b18-15+;. The number of aryl methyl sites for hydroxylation is 2. The Balaban J connectivity index is 0.000000508. The lowest BCUT2D eigenvalue weighted by atomic mass is 9.92. The Morgan fingerprint density at radius 1 is 1.00 bits per heavy atom. The fourth-order valence-corrected chi connectivity index (χ4v) is 4.28. The van der Waals surface area contributed by atoms with Gasteiger partial charge in [-0.15, -0.1) is 0 Å². The minimum Gasteiger partial charge on any atom is -0.393 e. The summed E-state index contributed by atoms with van der Waals surface area (Å²) in [7, 11) is 1.77. The zero-order chi connectivity index (χ0) is 28.5. The van der Waals surface area contributed by atoms with E-state index in [4.69, 9.17) is 5.73 Å². The van der Waals surface area contributed by atoms with Crippen LogP contribution in [0.1, 0.15) is 81.5 Å². The van der Waals surface area contributed by atoms with Gasteiger partial charge in [-0.2, -0.15) is 0 Å². The minimum atomic E-state index is -0.293. The zero-order valence-electron chi connectivity index (χ0n) is 24.0. The maximum atomic E-state index is 14.6. The Hall–Kier alpha value is -2.98. The highest BCUT2D eigenvalue weighted by atomic mass is 19.1. The smallest absolute Gasteiger partial charge is 0.131 e. The van der Waals surface area contributed by atoms with Crippen molar-refractivity contribution in [1.29, 1.82) is 0 Å². The largest absolute Gasteiger partial charge is 0.393 e. The van der Waals surface area contributed by atoms with Crippen LogP contribution < -0.4 is 11.1 Å². The van der Waals surface area contributed by atoms with Crippen molar-refractivity contribution in [3.05, 3.63) is 108 Å². The van der Waals surface area contributed by atoms with E-state index in [1.807, 2.05) is 19.1 Å². The maximum absolute atomic E-state index is 14.6. The Kier molecular flexibility index (Phi) is 15.9. The Morgan fingerprint density at radius 3 is 2.32 bits per heavy atom. The van der Waals surface area contributed by atoms with E-state index in [0.717, 1.165) is 60.4 Å². The summed E-state index contributed by atoms with van der Waals surface area (Å²) in [6.07, 6.45) is 11.9. The Morgan fingerprint density at radius 2 is 1.74 bits per heavy atom. The number of halogens is 2. The molecule has 2 aromatic carbocycles. The van der Waals surface area contributed by atoms with Gasteiger partial charge in [0.2, 0.25) is 0 Å². The van der Waals surface area contributed by atoms with Crippen LogP contribution in [0.3, 0.4) is 0 Å². The maximum Gasteiger partial charge on any atom is 0.131 e. The van der Waals surface area contributed by atoms with Gasteiger partial charge in [0.15, 0.2) is 0 Å². The fraction of sp³-hybridized carbons (Fsp3) is 0.412. The molecular weight excluding hydrogens is 474 g/mol. The molecule has 0 saturated carbocycles. The lowest BCUT2D eigenvalue weighted by molar-refractivity contribution is 0.535. The van der Waals surface area contributed by atoms with Crippen LogP contribution in [0.2, 0.25) is 0 Å². The van der Waals surface area contributed by atoms with Gasteiger partial charge >= 0.3 is 0 Å². The molecule has 0 radical (unpaired) electrons. The van der Waals surface area contributed by atoms with Gasteiger partial charge in [-0.3, -0.25) is 0 Å². The Labute approximate surface area is 230 Å². The van der Waals surface area contributed by atoms with Crippen molar-refractivity contribution in [2.24, 2.45) is 11.7 Å². The van der Waals surface area contributed by atoms with E-state index in [0.29, 0.717) is 11.1 Å². The second kappa shape index (κ2) is 18.3. The van der Waals surface area contributed by atoms with E-state index in [2.05, 4.69) is 38.9 Å². The molecule has 4 heteroatoms. The highest BCUT2D eigenvalue weighted by Crippen LogP contribution is 2.28. The molecule has 0 spiro atoms. The van der Waals surface area contributed by atoms with E-state index in [1.165, 1.54) is 37.3 Å². The second-order valence-electron chi connectivity index (χ2n) is 10.3. The first-order valence-electron chi connectivity index (χ1n) is 13.7. The average molecular weight is 523 g/mol. The van der Waals surface area contributed by atoms with Gasteiger partial charge in [-0.05, 0) is 104 Å². The molecule has 38 heavy (non-hydrogen) atoms. The lowest BCUT2D eigenvalue weighted by Gasteiger charge is -2.14. The summed E-state index contributed by atoms with van der Waals surface area (Å²) in [5.74, 6) is 0.327. The number of hydrogen-bond acceptors (Lipinski definition) is 2. The van der Waals surface area contributed by atoms with E-state index in [-0.39, 0.29) is 11.6 Å². The van der Waals surface area contributed by atoms with Gasteiger partial charge in [0, 0.05) is 18.8 Å². The molecule has 208 valence electrons. The molecule has 0 aromatic heterocycles. The molecule has 0 aliphatic heterocycles. The number of benzene rings is 2. The van der Waals surface area contributed by atoms with Crippen molar-refractivity contribution < 1.29 is 8.78 Å². The second-order valence-corrected chi connectivity index (χ2v) is 10.3. The highest BCUT2D eigenvalue weighted by molar-refractivity contribution is 5.76. The molecule has 0 aliphatic rings. The molecule has 0 bridgehead atoms. The van der Waals surface area contributed by atoms with Crippen molar-refractivity contribution >= 4 is 11.1 Å². The predicted octanol–water partition coefficient (Wildman–Crippen LogP) is 9.03. The molecule has 0 unspecified atom stereocenters. The predicted molar refractivity (Wildman–Crippen MR) is 163 cm³/mol. The molecule has 3 N–H and O–H groups in total. The van der Waals surface area contributed by atoms with Gasteiger partial charge in [0.05, 0.1) is 0 Å². The van der Waals surface area contributed by atoms with Crippen molar-refractivity contribution in [3.8, 4) is 0 Å². The molecule has 0 aliphatic carbocycles. The first-order chi connectivity index (χ1) is 18.1. The van der Waals surface area contributed by atoms with Gasteiger partial charge in [0.25, 0.3) is 0 Å².